The van der Waals surface area contributed by atoms with Crippen molar-refractivity contribution in [3.05, 3.63) is 29.8 Å². The van der Waals surface area contributed by atoms with Gasteiger partial charge in [0.1, 0.15) is 5.75 Å². The van der Waals surface area contributed by atoms with Gasteiger partial charge in [-0.3, -0.25) is 4.79 Å². The normalized spacial score (nSPS) is 20.2. The summed E-state index contributed by atoms with van der Waals surface area (Å²) < 4.78 is 5.59. The zero-order chi connectivity index (χ0) is 15.1. The summed E-state index contributed by atoms with van der Waals surface area (Å²) in [6, 6.07) is 7.68. The Morgan fingerprint density at radius 3 is 2.76 bits per heavy atom. The largest absolute Gasteiger partial charge is 0.494 e. The molecule has 1 aliphatic heterocycles. The van der Waals surface area contributed by atoms with E-state index >= 15 is 0 Å². The molecule has 0 saturated carbocycles. The quantitative estimate of drug-likeness (QED) is 0.499. The van der Waals surface area contributed by atoms with Crippen molar-refractivity contribution in [1.29, 1.82) is 0 Å². The number of amidine groups is 1. The highest BCUT2D eigenvalue weighted by Gasteiger charge is 2.25. The van der Waals surface area contributed by atoms with Crippen molar-refractivity contribution in [2.45, 2.75) is 31.9 Å². The number of ether oxygens (including phenoxy) is 1. The molecule has 6 heteroatoms. The van der Waals surface area contributed by atoms with Gasteiger partial charge in [-0.15, -0.1) is 5.10 Å². The van der Waals surface area contributed by atoms with Crippen LogP contribution in [0, 0.1) is 0 Å². The minimum atomic E-state index is -0.0986. The molecule has 1 atom stereocenters. The number of rotatable bonds is 6. The predicted octanol–water partition coefficient (Wildman–Crippen LogP) is 2.81. The van der Waals surface area contributed by atoms with Crippen molar-refractivity contribution >= 4 is 29.1 Å². The van der Waals surface area contributed by atoms with Crippen LogP contribution in [-0.2, 0) is 4.79 Å². The van der Waals surface area contributed by atoms with Crippen molar-refractivity contribution in [3.8, 4) is 5.75 Å². The molecule has 1 fully saturated rings. The third-order valence-electron chi connectivity index (χ3n) is 2.89. The number of hydrogen-bond donors (Lipinski definition) is 1. The van der Waals surface area contributed by atoms with Gasteiger partial charge >= 0.3 is 0 Å². The van der Waals surface area contributed by atoms with E-state index in [4.69, 9.17) is 4.74 Å². The lowest BCUT2D eigenvalue weighted by molar-refractivity contribution is -0.118. The number of nitrogens with zero attached hydrogens (tertiary/aromatic N) is 2. The highest BCUT2D eigenvalue weighted by Crippen LogP contribution is 2.18. The van der Waals surface area contributed by atoms with Gasteiger partial charge in [-0.2, -0.15) is 5.10 Å². The summed E-state index contributed by atoms with van der Waals surface area (Å²) in [7, 11) is 0. The van der Waals surface area contributed by atoms with E-state index in [-0.39, 0.29) is 11.2 Å². The van der Waals surface area contributed by atoms with E-state index < -0.39 is 0 Å². The smallest absolute Gasteiger partial charge is 0.239 e. The number of nitrogens with one attached hydrogen (secondary N) is 1. The van der Waals surface area contributed by atoms with Crippen LogP contribution in [0.2, 0.25) is 0 Å². The molecule has 0 aromatic heterocycles. The second-order valence-electron chi connectivity index (χ2n) is 4.67. The van der Waals surface area contributed by atoms with Gasteiger partial charge in [0.25, 0.3) is 0 Å². The number of amides is 1. The molecular weight excluding hydrogens is 286 g/mol. The van der Waals surface area contributed by atoms with E-state index in [0.29, 0.717) is 5.17 Å². The van der Waals surface area contributed by atoms with E-state index in [9.17, 15) is 4.79 Å². The van der Waals surface area contributed by atoms with Crippen LogP contribution in [0.4, 0.5) is 0 Å². The molecule has 0 radical (unpaired) electrons. The highest BCUT2D eigenvalue weighted by atomic mass is 32.2. The summed E-state index contributed by atoms with van der Waals surface area (Å²) in [6.07, 6.45) is 3.83. The van der Waals surface area contributed by atoms with Crippen molar-refractivity contribution < 1.29 is 9.53 Å². The standard InChI is InChI=1S/C15H19N3O2S/c1-3-4-9-20-13-7-5-12(6-8-13)10-16-18-15-17-14(19)11(2)21-15/h5-8,10-11H,3-4,9H2,1-2H3,(H,17,18,19)/b16-10+. The Labute approximate surface area is 128 Å². The maximum Gasteiger partial charge on any atom is 0.239 e. The summed E-state index contributed by atoms with van der Waals surface area (Å²) in [6.45, 7) is 4.71. The fraction of sp³-hybridized carbons (Fsp3) is 0.400. The van der Waals surface area contributed by atoms with E-state index in [2.05, 4.69) is 22.4 Å². The molecule has 1 amide bonds. The van der Waals surface area contributed by atoms with Crippen LogP contribution in [0.5, 0.6) is 5.75 Å². The topological polar surface area (TPSA) is 63.1 Å². The van der Waals surface area contributed by atoms with Crippen molar-refractivity contribution in [3.63, 3.8) is 0 Å². The Balaban J connectivity index is 1.87. The minimum absolute atomic E-state index is 0.0254. The maximum atomic E-state index is 11.3. The van der Waals surface area contributed by atoms with Gasteiger partial charge in [-0.1, -0.05) is 25.1 Å². The number of unbranched alkanes of at least 4 members (excludes halogenated alkanes) is 1. The molecule has 0 bridgehead atoms. The molecular formula is C15H19N3O2S. The fourth-order valence-electron chi connectivity index (χ4n) is 1.64. The Kier molecular flexibility index (Phi) is 5.80. The molecule has 1 unspecified atom stereocenters. The predicted molar refractivity (Wildman–Crippen MR) is 87.1 cm³/mol. The van der Waals surface area contributed by atoms with Gasteiger partial charge in [0, 0.05) is 0 Å². The van der Waals surface area contributed by atoms with Crippen molar-refractivity contribution in [1.82, 2.24) is 5.32 Å². The average molecular weight is 305 g/mol. The van der Waals surface area contributed by atoms with Crippen LogP contribution in [-0.4, -0.2) is 29.1 Å². The summed E-state index contributed by atoms with van der Waals surface area (Å²) >= 11 is 1.38. The fourth-order valence-corrected chi connectivity index (χ4v) is 2.39. The molecule has 5 nitrogen and oxygen atoms in total. The number of carbonyl (C=O) groups excluding carboxylic acids is 1. The van der Waals surface area contributed by atoms with Crippen molar-refractivity contribution in [2.24, 2.45) is 10.2 Å². The van der Waals surface area contributed by atoms with Gasteiger partial charge in [0.2, 0.25) is 5.91 Å². The van der Waals surface area contributed by atoms with Crippen LogP contribution in [0.1, 0.15) is 32.3 Å². The van der Waals surface area contributed by atoms with Crippen LogP contribution in [0.15, 0.2) is 34.5 Å². The molecule has 1 heterocycles. The molecule has 1 aromatic rings. The summed E-state index contributed by atoms with van der Waals surface area (Å²) in [5.41, 5.74) is 0.935. The molecule has 112 valence electrons. The first-order valence-corrected chi connectivity index (χ1v) is 7.88. The number of hydrogen-bond acceptors (Lipinski definition) is 5. The Bertz CT molecular complexity index is 540. The lowest BCUT2D eigenvalue weighted by Crippen LogP contribution is -2.23. The second kappa shape index (κ2) is 7.83. The molecule has 0 spiro atoms. The first-order chi connectivity index (χ1) is 10.2. The van der Waals surface area contributed by atoms with Crippen molar-refractivity contribution in [2.75, 3.05) is 6.61 Å². The van der Waals surface area contributed by atoms with E-state index in [0.717, 1.165) is 30.8 Å². The molecule has 1 aliphatic rings. The first kappa shape index (κ1) is 15.6. The number of carbonyl (C=O) groups is 1. The van der Waals surface area contributed by atoms with Crippen LogP contribution in [0.25, 0.3) is 0 Å². The molecule has 2 rings (SSSR count). The molecule has 1 aromatic carbocycles. The zero-order valence-corrected chi connectivity index (χ0v) is 13.0. The van der Waals surface area contributed by atoms with E-state index in [1.54, 1.807) is 6.21 Å². The summed E-state index contributed by atoms with van der Waals surface area (Å²) in [5.74, 6) is 0.835. The van der Waals surface area contributed by atoms with E-state index in [1.807, 2.05) is 31.2 Å². The Morgan fingerprint density at radius 2 is 2.14 bits per heavy atom. The Morgan fingerprint density at radius 1 is 1.38 bits per heavy atom. The van der Waals surface area contributed by atoms with Gasteiger partial charge in [-0.25, -0.2) is 0 Å². The molecule has 1 N–H and O–H groups in total. The molecule has 0 aliphatic carbocycles. The first-order valence-electron chi connectivity index (χ1n) is 7.00. The minimum Gasteiger partial charge on any atom is -0.494 e. The number of benzene rings is 1. The molecule has 1 saturated heterocycles. The zero-order valence-electron chi connectivity index (χ0n) is 12.2. The lowest BCUT2D eigenvalue weighted by Gasteiger charge is -2.04. The highest BCUT2D eigenvalue weighted by molar-refractivity contribution is 8.15. The van der Waals surface area contributed by atoms with Crippen LogP contribution >= 0.6 is 11.8 Å². The summed E-state index contributed by atoms with van der Waals surface area (Å²) in [4.78, 5) is 11.3. The van der Waals surface area contributed by atoms with Gasteiger partial charge in [0.05, 0.1) is 18.1 Å². The molecule has 21 heavy (non-hydrogen) atoms. The second-order valence-corrected chi connectivity index (χ2v) is 6.00. The van der Waals surface area contributed by atoms with Gasteiger partial charge in [-0.05, 0) is 43.2 Å². The SMILES string of the molecule is CCCCOc1ccc(/C=N/N=C2NC(=O)C(C)S2)cc1. The Hall–Kier alpha value is -1.82. The third-order valence-corrected chi connectivity index (χ3v) is 3.86. The van der Waals surface area contributed by atoms with E-state index in [1.165, 1.54) is 11.8 Å². The lowest BCUT2D eigenvalue weighted by atomic mass is 10.2. The van der Waals surface area contributed by atoms with Crippen LogP contribution < -0.4 is 10.1 Å². The monoisotopic (exact) mass is 305 g/mol. The number of thioether (sulfide) groups is 1. The average Bonchev–Trinajstić information content (AvgIpc) is 2.80. The van der Waals surface area contributed by atoms with Gasteiger partial charge < -0.3 is 10.1 Å². The van der Waals surface area contributed by atoms with Gasteiger partial charge in [0.15, 0.2) is 5.17 Å². The van der Waals surface area contributed by atoms with Crippen LogP contribution in [0.3, 0.4) is 0 Å². The third kappa shape index (κ3) is 4.90. The summed E-state index contributed by atoms with van der Waals surface area (Å²) in [5, 5.41) is 11.1. The maximum absolute atomic E-state index is 11.3.